The molecule has 2 heteroatoms. The lowest BCUT2D eigenvalue weighted by Crippen LogP contribution is -2.24. The Bertz CT molecular complexity index is 546. The minimum atomic E-state index is -0.801. The molecule has 2 aromatic rings. The van der Waals surface area contributed by atoms with Gasteiger partial charge in [0.05, 0.1) is 5.60 Å². The third-order valence-electron chi connectivity index (χ3n) is 3.39. The van der Waals surface area contributed by atoms with E-state index in [1.807, 2.05) is 37.3 Å². The lowest BCUT2D eigenvalue weighted by atomic mass is 9.99. The number of rotatable bonds is 4. The summed E-state index contributed by atoms with van der Waals surface area (Å²) in [6.07, 6.45) is 0. The molecule has 0 aliphatic carbocycles. The zero-order valence-corrected chi connectivity index (χ0v) is 12.5. The summed E-state index contributed by atoms with van der Waals surface area (Å²) in [5, 5.41) is 10.6. The van der Waals surface area contributed by atoms with Gasteiger partial charge in [0, 0.05) is 10.6 Å². The van der Waals surface area contributed by atoms with Crippen molar-refractivity contribution in [3.05, 3.63) is 65.2 Å². The SMILES string of the molecule is Cc1ccc(SCC(C)(O)c2ccccc2)cc1C. The van der Waals surface area contributed by atoms with Crippen LogP contribution in [0.15, 0.2) is 53.4 Å². The fourth-order valence-corrected chi connectivity index (χ4v) is 2.95. The van der Waals surface area contributed by atoms with Gasteiger partial charge in [-0.15, -0.1) is 11.8 Å². The summed E-state index contributed by atoms with van der Waals surface area (Å²) in [4.78, 5) is 1.21. The van der Waals surface area contributed by atoms with Gasteiger partial charge in [0.25, 0.3) is 0 Å². The van der Waals surface area contributed by atoms with Gasteiger partial charge in [-0.2, -0.15) is 0 Å². The Morgan fingerprint density at radius 2 is 1.68 bits per heavy atom. The zero-order valence-electron chi connectivity index (χ0n) is 11.7. The van der Waals surface area contributed by atoms with Gasteiger partial charge in [-0.1, -0.05) is 36.4 Å². The lowest BCUT2D eigenvalue weighted by Gasteiger charge is -2.23. The van der Waals surface area contributed by atoms with Crippen molar-refractivity contribution in [2.45, 2.75) is 31.3 Å². The maximum atomic E-state index is 10.6. The second kappa shape index (κ2) is 5.81. The van der Waals surface area contributed by atoms with Crippen molar-refractivity contribution in [2.75, 3.05) is 5.75 Å². The normalized spacial score (nSPS) is 14.1. The minimum absolute atomic E-state index is 0.652. The maximum Gasteiger partial charge on any atom is 0.0962 e. The third kappa shape index (κ3) is 3.62. The van der Waals surface area contributed by atoms with Crippen molar-refractivity contribution in [1.29, 1.82) is 0 Å². The molecule has 2 aromatic carbocycles. The van der Waals surface area contributed by atoms with E-state index in [1.165, 1.54) is 16.0 Å². The molecule has 0 saturated carbocycles. The van der Waals surface area contributed by atoms with Crippen LogP contribution in [0.4, 0.5) is 0 Å². The van der Waals surface area contributed by atoms with Crippen LogP contribution in [0.1, 0.15) is 23.6 Å². The minimum Gasteiger partial charge on any atom is -0.385 e. The Hall–Kier alpha value is -1.25. The summed E-state index contributed by atoms with van der Waals surface area (Å²) >= 11 is 1.70. The molecule has 0 aliphatic heterocycles. The molecule has 0 aromatic heterocycles. The molecule has 0 amide bonds. The van der Waals surface area contributed by atoms with Gasteiger partial charge >= 0.3 is 0 Å². The predicted octanol–water partition coefficient (Wildman–Crippen LogP) is 4.30. The first-order valence-electron chi connectivity index (χ1n) is 6.47. The molecule has 0 aliphatic rings. The fraction of sp³-hybridized carbons (Fsp3) is 0.294. The Balaban J connectivity index is 2.07. The molecule has 19 heavy (non-hydrogen) atoms. The number of aryl methyl sites for hydroxylation is 2. The molecule has 100 valence electrons. The van der Waals surface area contributed by atoms with E-state index in [9.17, 15) is 5.11 Å². The predicted molar refractivity (Wildman–Crippen MR) is 82.7 cm³/mol. The van der Waals surface area contributed by atoms with E-state index in [1.54, 1.807) is 11.8 Å². The standard InChI is InChI=1S/C17H20OS/c1-13-9-10-16(11-14(13)2)19-12-17(3,18)15-7-5-4-6-8-15/h4-11,18H,12H2,1-3H3. The van der Waals surface area contributed by atoms with Gasteiger partial charge in [-0.3, -0.25) is 0 Å². The first kappa shape index (κ1) is 14.2. The second-order valence-electron chi connectivity index (χ2n) is 5.17. The number of hydrogen-bond donors (Lipinski definition) is 1. The largest absolute Gasteiger partial charge is 0.385 e. The second-order valence-corrected chi connectivity index (χ2v) is 6.22. The van der Waals surface area contributed by atoms with Gasteiger partial charge in [0.15, 0.2) is 0 Å². The van der Waals surface area contributed by atoms with Crippen molar-refractivity contribution in [1.82, 2.24) is 0 Å². The van der Waals surface area contributed by atoms with Crippen LogP contribution >= 0.6 is 11.8 Å². The van der Waals surface area contributed by atoms with Crippen LogP contribution in [0.3, 0.4) is 0 Å². The molecule has 1 nitrogen and oxygen atoms in total. The van der Waals surface area contributed by atoms with Crippen molar-refractivity contribution >= 4 is 11.8 Å². The highest BCUT2D eigenvalue weighted by Crippen LogP contribution is 2.30. The highest BCUT2D eigenvalue weighted by molar-refractivity contribution is 7.99. The van der Waals surface area contributed by atoms with Gasteiger partial charge < -0.3 is 5.11 Å². The third-order valence-corrected chi connectivity index (χ3v) is 4.69. The Labute approximate surface area is 119 Å². The van der Waals surface area contributed by atoms with Crippen LogP contribution in [-0.2, 0) is 5.60 Å². The molecule has 0 heterocycles. The molecule has 1 N–H and O–H groups in total. The van der Waals surface area contributed by atoms with Gasteiger partial charge in [0.2, 0.25) is 0 Å². The van der Waals surface area contributed by atoms with Gasteiger partial charge in [0.1, 0.15) is 0 Å². The summed E-state index contributed by atoms with van der Waals surface area (Å²) in [6, 6.07) is 16.3. The van der Waals surface area contributed by atoms with E-state index >= 15 is 0 Å². The van der Waals surface area contributed by atoms with Gasteiger partial charge in [-0.05, 0) is 49.6 Å². The van der Waals surface area contributed by atoms with Crippen LogP contribution in [0.5, 0.6) is 0 Å². The molecule has 2 rings (SSSR count). The molecule has 0 bridgehead atoms. The van der Waals surface area contributed by atoms with E-state index in [0.29, 0.717) is 5.75 Å². The highest BCUT2D eigenvalue weighted by Gasteiger charge is 2.22. The summed E-state index contributed by atoms with van der Waals surface area (Å²) < 4.78 is 0. The molecule has 0 fully saturated rings. The maximum absolute atomic E-state index is 10.6. The number of benzene rings is 2. The van der Waals surface area contributed by atoms with E-state index in [4.69, 9.17) is 0 Å². The zero-order chi connectivity index (χ0) is 13.9. The number of hydrogen-bond acceptors (Lipinski definition) is 2. The summed E-state index contributed by atoms with van der Waals surface area (Å²) in [7, 11) is 0. The van der Waals surface area contributed by atoms with Crippen LogP contribution < -0.4 is 0 Å². The Morgan fingerprint density at radius 3 is 2.32 bits per heavy atom. The van der Waals surface area contributed by atoms with Crippen molar-refractivity contribution in [2.24, 2.45) is 0 Å². The van der Waals surface area contributed by atoms with Crippen molar-refractivity contribution in [3.8, 4) is 0 Å². The average Bonchev–Trinajstić information content (AvgIpc) is 2.41. The lowest BCUT2D eigenvalue weighted by molar-refractivity contribution is 0.0839. The highest BCUT2D eigenvalue weighted by atomic mass is 32.2. The summed E-state index contributed by atoms with van der Waals surface area (Å²) in [5.41, 5.74) is 2.76. The molecule has 1 unspecified atom stereocenters. The smallest absolute Gasteiger partial charge is 0.0962 e. The molecule has 0 radical (unpaired) electrons. The van der Waals surface area contributed by atoms with Crippen LogP contribution in [0.25, 0.3) is 0 Å². The molecule has 0 saturated heterocycles. The van der Waals surface area contributed by atoms with Crippen LogP contribution in [0.2, 0.25) is 0 Å². The van der Waals surface area contributed by atoms with Crippen molar-refractivity contribution < 1.29 is 5.11 Å². The number of thioether (sulfide) groups is 1. The van der Waals surface area contributed by atoms with E-state index in [2.05, 4.69) is 32.0 Å². The molecule has 0 spiro atoms. The first-order chi connectivity index (χ1) is 8.99. The first-order valence-corrected chi connectivity index (χ1v) is 7.45. The van der Waals surface area contributed by atoms with Crippen molar-refractivity contribution in [3.63, 3.8) is 0 Å². The van der Waals surface area contributed by atoms with Crippen LogP contribution in [-0.4, -0.2) is 10.9 Å². The van der Waals surface area contributed by atoms with E-state index in [0.717, 1.165) is 5.56 Å². The Kier molecular flexibility index (Phi) is 4.33. The quantitative estimate of drug-likeness (QED) is 0.837. The summed E-state index contributed by atoms with van der Waals surface area (Å²) in [5.74, 6) is 0.652. The molecule has 1 atom stereocenters. The molecular weight excluding hydrogens is 252 g/mol. The fourth-order valence-electron chi connectivity index (χ4n) is 1.91. The van der Waals surface area contributed by atoms with Crippen LogP contribution in [0, 0.1) is 13.8 Å². The Morgan fingerprint density at radius 1 is 1.00 bits per heavy atom. The summed E-state index contributed by atoms with van der Waals surface area (Å²) in [6.45, 7) is 6.11. The molecular formula is C17H20OS. The topological polar surface area (TPSA) is 20.2 Å². The van der Waals surface area contributed by atoms with E-state index < -0.39 is 5.60 Å². The average molecular weight is 272 g/mol. The van der Waals surface area contributed by atoms with E-state index in [-0.39, 0.29) is 0 Å². The van der Waals surface area contributed by atoms with Gasteiger partial charge in [-0.25, -0.2) is 0 Å². The number of aliphatic hydroxyl groups is 1. The monoisotopic (exact) mass is 272 g/mol.